The van der Waals surface area contributed by atoms with Crippen LogP contribution in [-0.2, 0) is 16.0 Å². The average Bonchev–Trinajstić information content (AvgIpc) is 3.35. The van der Waals surface area contributed by atoms with Gasteiger partial charge in [0.05, 0.1) is 18.3 Å². The van der Waals surface area contributed by atoms with Crippen molar-refractivity contribution in [3.05, 3.63) is 40.7 Å². The lowest BCUT2D eigenvalue weighted by molar-refractivity contribution is -0.136. The first-order valence-electron chi connectivity index (χ1n) is 9.46. The van der Waals surface area contributed by atoms with Gasteiger partial charge < -0.3 is 15.1 Å². The molecule has 1 aliphatic heterocycles. The van der Waals surface area contributed by atoms with Gasteiger partial charge >= 0.3 is 0 Å². The summed E-state index contributed by atoms with van der Waals surface area (Å²) < 4.78 is 0. The zero-order chi connectivity index (χ0) is 19.2. The summed E-state index contributed by atoms with van der Waals surface area (Å²) in [4.78, 5) is 34.7. The van der Waals surface area contributed by atoms with Crippen LogP contribution in [0.25, 0.3) is 0 Å². The number of likely N-dealkylation sites (tertiary alicyclic amines) is 1. The van der Waals surface area contributed by atoms with Crippen LogP contribution in [0.2, 0.25) is 0 Å². The minimum absolute atomic E-state index is 0.0186. The standard InChI is InChI=1S/C20H26N4O2S/c1-3-23(4-2)18-10-9-15(14-21-18)22-20(26)17-8-5-11-24(17)19(25)13-16-7-6-12-27-16/h6-7,9-10,12,14,17H,3-5,8,11,13H2,1-2H3,(H,22,26). The summed E-state index contributed by atoms with van der Waals surface area (Å²) in [6.07, 6.45) is 3.60. The molecule has 2 aromatic heterocycles. The van der Waals surface area contributed by atoms with Crippen molar-refractivity contribution in [2.24, 2.45) is 0 Å². The Balaban J connectivity index is 1.61. The van der Waals surface area contributed by atoms with E-state index in [0.29, 0.717) is 25.1 Å². The van der Waals surface area contributed by atoms with Gasteiger partial charge in [-0.2, -0.15) is 0 Å². The predicted octanol–water partition coefficient (Wildman–Crippen LogP) is 3.16. The first-order valence-corrected chi connectivity index (χ1v) is 10.3. The first-order chi connectivity index (χ1) is 13.1. The number of carbonyl (C=O) groups excluding carboxylic acids is 2. The highest BCUT2D eigenvalue weighted by atomic mass is 32.1. The fourth-order valence-corrected chi connectivity index (χ4v) is 4.12. The molecule has 2 amide bonds. The first kappa shape index (κ1) is 19.4. The molecule has 1 N–H and O–H groups in total. The highest BCUT2D eigenvalue weighted by molar-refractivity contribution is 7.10. The Bertz CT molecular complexity index is 757. The van der Waals surface area contributed by atoms with Crippen molar-refractivity contribution in [2.75, 3.05) is 29.9 Å². The number of pyridine rings is 1. The molecule has 6 nitrogen and oxygen atoms in total. The number of nitrogens with one attached hydrogen (secondary N) is 1. The van der Waals surface area contributed by atoms with E-state index in [1.807, 2.05) is 29.6 Å². The topological polar surface area (TPSA) is 65.5 Å². The summed E-state index contributed by atoms with van der Waals surface area (Å²) in [7, 11) is 0. The molecule has 1 unspecified atom stereocenters. The maximum Gasteiger partial charge on any atom is 0.247 e. The number of anilines is 2. The predicted molar refractivity (Wildman–Crippen MR) is 109 cm³/mol. The van der Waals surface area contributed by atoms with E-state index in [-0.39, 0.29) is 11.8 Å². The van der Waals surface area contributed by atoms with E-state index >= 15 is 0 Å². The molecule has 0 aliphatic carbocycles. The molecule has 1 fully saturated rings. The third-order valence-corrected chi connectivity index (χ3v) is 5.76. The molecule has 1 saturated heterocycles. The highest BCUT2D eigenvalue weighted by Gasteiger charge is 2.34. The molecule has 3 heterocycles. The number of nitrogens with zero attached hydrogens (tertiary/aromatic N) is 3. The molecule has 1 aliphatic rings. The van der Waals surface area contributed by atoms with Crippen molar-refractivity contribution in [1.82, 2.24) is 9.88 Å². The minimum atomic E-state index is -0.403. The Morgan fingerprint density at radius 2 is 2.11 bits per heavy atom. The number of hydrogen-bond acceptors (Lipinski definition) is 5. The molecule has 0 bridgehead atoms. The van der Waals surface area contributed by atoms with E-state index in [2.05, 4.69) is 29.0 Å². The second-order valence-electron chi connectivity index (χ2n) is 6.57. The fourth-order valence-electron chi connectivity index (χ4n) is 3.42. The second kappa shape index (κ2) is 8.99. The molecule has 27 heavy (non-hydrogen) atoms. The van der Waals surface area contributed by atoms with E-state index in [9.17, 15) is 9.59 Å². The molecule has 0 spiro atoms. The maximum atomic E-state index is 12.7. The number of carbonyl (C=O) groups is 2. The average molecular weight is 387 g/mol. The minimum Gasteiger partial charge on any atom is -0.357 e. The summed E-state index contributed by atoms with van der Waals surface area (Å²) >= 11 is 1.57. The van der Waals surface area contributed by atoms with Crippen LogP contribution < -0.4 is 10.2 Å². The van der Waals surface area contributed by atoms with Crippen molar-refractivity contribution in [3.63, 3.8) is 0 Å². The largest absolute Gasteiger partial charge is 0.357 e. The van der Waals surface area contributed by atoms with E-state index in [1.165, 1.54) is 0 Å². The zero-order valence-electron chi connectivity index (χ0n) is 15.9. The van der Waals surface area contributed by atoms with Crippen molar-refractivity contribution >= 4 is 34.7 Å². The van der Waals surface area contributed by atoms with Crippen molar-refractivity contribution in [1.29, 1.82) is 0 Å². The molecule has 3 rings (SSSR count). The van der Waals surface area contributed by atoms with E-state index in [1.54, 1.807) is 22.4 Å². The Hall–Kier alpha value is -2.41. The maximum absolute atomic E-state index is 12.7. The van der Waals surface area contributed by atoms with Gasteiger partial charge in [-0.15, -0.1) is 11.3 Å². The van der Waals surface area contributed by atoms with E-state index in [0.717, 1.165) is 30.2 Å². The van der Waals surface area contributed by atoms with Gasteiger partial charge in [0.1, 0.15) is 11.9 Å². The van der Waals surface area contributed by atoms with Crippen molar-refractivity contribution in [2.45, 2.75) is 39.2 Å². The van der Waals surface area contributed by atoms with Gasteiger partial charge in [0.2, 0.25) is 11.8 Å². The molecule has 1 atom stereocenters. The van der Waals surface area contributed by atoms with Crippen LogP contribution in [0.3, 0.4) is 0 Å². The lowest BCUT2D eigenvalue weighted by Gasteiger charge is -2.24. The number of hydrogen-bond donors (Lipinski definition) is 1. The van der Waals surface area contributed by atoms with Crippen LogP contribution >= 0.6 is 11.3 Å². The summed E-state index contributed by atoms with van der Waals surface area (Å²) in [5.74, 6) is 0.779. The number of rotatable bonds is 7. The van der Waals surface area contributed by atoms with Crippen LogP contribution in [0.1, 0.15) is 31.6 Å². The molecule has 0 radical (unpaired) electrons. The molecule has 0 saturated carbocycles. The normalized spacial score (nSPS) is 16.4. The van der Waals surface area contributed by atoms with Gasteiger partial charge in [-0.3, -0.25) is 9.59 Å². The Kier molecular flexibility index (Phi) is 6.45. The fraction of sp³-hybridized carbons (Fsp3) is 0.450. The second-order valence-corrected chi connectivity index (χ2v) is 7.60. The van der Waals surface area contributed by atoms with E-state index in [4.69, 9.17) is 0 Å². The lowest BCUT2D eigenvalue weighted by atomic mass is 10.2. The smallest absolute Gasteiger partial charge is 0.247 e. The van der Waals surface area contributed by atoms with E-state index < -0.39 is 6.04 Å². The third-order valence-electron chi connectivity index (χ3n) is 4.88. The molecule has 0 aromatic carbocycles. The Morgan fingerprint density at radius 1 is 1.30 bits per heavy atom. The van der Waals surface area contributed by atoms with Crippen molar-refractivity contribution in [3.8, 4) is 0 Å². The van der Waals surface area contributed by atoms with Crippen LogP contribution in [0.15, 0.2) is 35.8 Å². The van der Waals surface area contributed by atoms with Crippen LogP contribution in [0.4, 0.5) is 11.5 Å². The molecular formula is C20H26N4O2S. The summed E-state index contributed by atoms with van der Waals surface area (Å²) in [5.41, 5.74) is 0.661. The lowest BCUT2D eigenvalue weighted by Crippen LogP contribution is -2.43. The van der Waals surface area contributed by atoms with Gasteiger partial charge in [-0.25, -0.2) is 4.98 Å². The number of thiophene rings is 1. The van der Waals surface area contributed by atoms with Crippen molar-refractivity contribution < 1.29 is 9.59 Å². The summed E-state index contributed by atoms with van der Waals surface area (Å²) in [5, 5.41) is 4.88. The third kappa shape index (κ3) is 4.66. The SMILES string of the molecule is CCN(CC)c1ccc(NC(=O)C2CCCN2C(=O)Cc2cccs2)cn1. The van der Waals surface area contributed by atoms with Gasteiger partial charge in [-0.05, 0) is 50.3 Å². The van der Waals surface area contributed by atoms with Crippen LogP contribution in [-0.4, -0.2) is 47.4 Å². The Labute approximate surface area is 164 Å². The van der Waals surface area contributed by atoms with Crippen LogP contribution in [0.5, 0.6) is 0 Å². The zero-order valence-corrected chi connectivity index (χ0v) is 16.7. The highest BCUT2D eigenvalue weighted by Crippen LogP contribution is 2.22. The van der Waals surface area contributed by atoms with Crippen LogP contribution in [0, 0.1) is 0 Å². The molecular weight excluding hydrogens is 360 g/mol. The monoisotopic (exact) mass is 386 g/mol. The number of aromatic nitrogens is 1. The molecule has 144 valence electrons. The molecule has 7 heteroatoms. The Morgan fingerprint density at radius 3 is 2.74 bits per heavy atom. The van der Waals surface area contributed by atoms with Gasteiger partial charge in [0.25, 0.3) is 0 Å². The van der Waals surface area contributed by atoms with Gasteiger partial charge in [-0.1, -0.05) is 6.07 Å². The quantitative estimate of drug-likeness (QED) is 0.794. The summed E-state index contributed by atoms with van der Waals surface area (Å²) in [6.45, 7) is 6.59. The van der Waals surface area contributed by atoms with Gasteiger partial charge in [0.15, 0.2) is 0 Å². The molecule has 2 aromatic rings. The van der Waals surface area contributed by atoms with Gasteiger partial charge in [0, 0.05) is 24.5 Å². The summed E-state index contributed by atoms with van der Waals surface area (Å²) in [6, 6.07) is 7.27. The number of amides is 2.